The van der Waals surface area contributed by atoms with E-state index in [1.54, 1.807) is 18.2 Å². The topological polar surface area (TPSA) is 72.2 Å². The van der Waals surface area contributed by atoms with Gasteiger partial charge in [0.1, 0.15) is 0 Å². The Balaban J connectivity index is 1.63. The molecular weight excluding hydrogens is 388 g/mol. The van der Waals surface area contributed by atoms with E-state index in [0.717, 1.165) is 24.0 Å². The van der Waals surface area contributed by atoms with E-state index in [1.165, 1.54) is 29.7 Å². The normalized spacial score (nSPS) is 14.0. The van der Waals surface area contributed by atoms with Crippen molar-refractivity contribution in [2.75, 3.05) is 0 Å². The Hall–Kier alpha value is -3.73. The highest BCUT2D eigenvalue weighted by atomic mass is 16.6. The summed E-state index contributed by atoms with van der Waals surface area (Å²) in [7, 11) is 0. The van der Waals surface area contributed by atoms with Gasteiger partial charge in [-0.25, -0.2) is 0 Å². The molecule has 1 aliphatic carbocycles. The molecule has 1 unspecified atom stereocenters. The zero-order valence-electron chi connectivity index (χ0n) is 17.4. The summed E-state index contributed by atoms with van der Waals surface area (Å²) in [5.41, 5.74) is 5.67. The number of benzene rings is 3. The van der Waals surface area contributed by atoms with Crippen LogP contribution in [-0.2, 0) is 17.6 Å². The maximum Gasteiger partial charge on any atom is 0.270 e. The minimum absolute atomic E-state index is 0.00641. The highest BCUT2D eigenvalue weighted by Gasteiger charge is 2.18. The molecule has 0 radical (unpaired) electrons. The zero-order valence-corrected chi connectivity index (χ0v) is 17.4. The van der Waals surface area contributed by atoms with Crippen LogP contribution in [0.25, 0.3) is 11.6 Å². The van der Waals surface area contributed by atoms with Crippen molar-refractivity contribution in [1.29, 1.82) is 0 Å². The number of nitro groups is 1. The molecule has 1 aliphatic rings. The minimum Gasteiger partial charge on any atom is -0.345 e. The van der Waals surface area contributed by atoms with Crippen molar-refractivity contribution in [2.45, 2.75) is 32.2 Å². The molecule has 31 heavy (non-hydrogen) atoms. The second-order valence-corrected chi connectivity index (χ2v) is 7.85. The standard InChI is InChI=1S/C26H24N2O3/c1-18(22-14-13-20-10-6-11-23(20)17-22)27-26(29)25(21-8-3-2-4-9-21)16-19-7-5-12-24(15-19)28(30)31/h2-5,7-9,12-18H,6,10-11H2,1H3,(H,27,29)/b25-16+. The second-order valence-electron chi connectivity index (χ2n) is 7.85. The monoisotopic (exact) mass is 412 g/mol. The van der Waals surface area contributed by atoms with E-state index >= 15 is 0 Å². The number of fused-ring (bicyclic) bond motifs is 1. The molecule has 0 saturated carbocycles. The van der Waals surface area contributed by atoms with Crippen molar-refractivity contribution in [3.8, 4) is 0 Å². The summed E-state index contributed by atoms with van der Waals surface area (Å²) >= 11 is 0. The van der Waals surface area contributed by atoms with Crippen LogP contribution in [0, 0.1) is 10.1 Å². The van der Waals surface area contributed by atoms with E-state index in [9.17, 15) is 14.9 Å². The van der Waals surface area contributed by atoms with Gasteiger partial charge in [-0.2, -0.15) is 0 Å². The molecule has 4 rings (SSSR count). The Kier molecular flexibility index (Phi) is 5.94. The minimum atomic E-state index is -0.435. The highest BCUT2D eigenvalue weighted by Crippen LogP contribution is 2.27. The average molecular weight is 412 g/mol. The van der Waals surface area contributed by atoms with Gasteiger partial charge < -0.3 is 5.32 Å². The van der Waals surface area contributed by atoms with Crippen molar-refractivity contribution in [3.05, 3.63) is 111 Å². The Bertz CT molecular complexity index is 1150. The summed E-state index contributed by atoms with van der Waals surface area (Å²) < 4.78 is 0. The van der Waals surface area contributed by atoms with Crippen LogP contribution in [0.4, 0.5) is 5.69 Å². The Morgan fingerprint density at radius 2 is 1.77 bits per heavy atom. The maximum absolute atomic E-state index is 13.3. The lowest BCUT2D eigenvalue weighted by atomic mass is 9.99. The van der Waals surface area contributed by atoms with E-state index in [0.29, 0.717) is 11.1 Å². The first kappa shape index (κ1) is 20.5. The van der Waals surface area contributed by atoms with Gasteiger partial charge in [0.15, 0.2) is 0 Å². The Morgan fingerprint density at radius 1 is 1.00 bits per heavy atom. The van der Waals surface area contributed by atoms with Gasteiger partial charge in [-0.1, -0.05) is 60.7 Å². The van der Waals surface area contributed by atoms with Gasteiger partial charge in [-0.05, 0) is 60.1 Å². The number of nitrogens with one attached hydrogen (secondary N) is 1. The van der Waals surface area contributed by atoms with Crippen LogP contribution < -0.4 is 5.32 Å². The van der Waals surface area contributed by atoms with Gasteiger partial charge in [0, 0.05) is 17.7 Å². The number of nitrogens with zero attached hydrogens (tertiary/aromatic N) is 1. The van der Waals surface area contributed by atoms with E-state index in [2.05, 4.69) is 23.5 Å². The fourth-order valence-corrected chi connectivity index (χ4v) is 4.01. The lowest BCUT2D eigenvalue weighted by Crippen LogP contribution is -2.27. The van der Waals surface area contributed by atoms with Crippen molar-refractivity contribution < 1.29 is 9.72 Å². The van der Waals surface area contributed by atoms with Crippen molar-refractivity contribution in [1.82, 2.24) is 5.32 Å². The average Bonchev–Trinajstić information content (AvgIpc) is 3.26. The number of carbonyl (C=O) groups excluding carboxylic acids is 1. The van der Waals surface area contributed by atoms with E-state index in [4.69, 9.17) is 0 Å². The zero-order chi connectivity index (χ0) is 21.8. The number of carbonyl (C=O) groups is 1. The van der Waals surface area contributed by atoms with Crippen molar-refractivity contribution in [2.24, 2.45) is 0 Å². The first-order valence-corrected chi connectivity index (χ1v) is 10.5. The molecule has 0 aromatic heterocycles. The largest absolute Gasteiger partial charge is 0.345 e. The fraction of sp³-hybridized carbons (Fsp3) is 0.192. The molecule has 1 atom stereocenters. The highest BCUT2D eigenvalue weighted by molar-refractivity contribution is 6.24. The van der Waals surface area contributed by atoms with Gasteiger partial charge >= 0.3 is 0 Å². The van der Waals surface area contributed by atoms with Crippen LogP contribution in [0.15, 0.2) is 72.8 Å². The van der Waals surface area contributed by atoms with Crippen LogP contribution in [-0.4, -0.2) is 10.8 Å². The van der Waals surface area contributed by atoms with E-state index < -0.39 is 4.92 Å². The summed E-state index contributed by atoms with van der Waals surface area (Å²) in [6, 6.07) is 21.9. The third-order valence-electron chi connectivity index (χ3n) is 5.69. The molecule has 0 bridgehead atoms. The number of non-ortho nitro benzene ring substituents is 1. The van der Waals surface area contributed by atoms with E-state index in [-0.39, 0.29) is 17.6 Å². The molecule has 0 fully saturated rings. The number of aryl methyl sites for hydroxylation is 2. The third-order valence-corrected chi connectivity index (χ3v) is 5.69. The smallest absolute Gasteiger partial charge is 0.270 e. The molecule has 156 valence electrons. The van der Waals surface area contributed by atoms with E-state index in [1.807, 2.05) is 37.3 Å². The first-order chi connectivity index (χ1) is 15.0. The summed E-state index contributed by atoms with van der Waals surface area (Å²) in [5.74, 6) is -0.217. The molecule has 5 heteroatoms. The van der Waals surface area contributed by atoms with Crippen molar-refractivity contribution in [3.63, 3.8) is 0 Å². The third kappa shape index (κ3) is 4.72. The number of amides is 1. The molecular formula is C26H24N2O3. The van der Waals surface area contributed by atoms with Gasteiger partial charge in [0.05, 0.1) is 11.0 Å². The SMILES string of the molecule is CC(NC(=O)/C(=C/c1cccc([N+](=O)[O-])c1)c1ccccc1)c1ccc2c(c1)CCC2. The molecule has 5 nitrogen and oxygen atoms in total. The van der Waals surface area contributed by atoms with Crippen molar-refractivity contribution >= 4 is 23.2 Å². The molecule has 0 spiro atoms. The molecule has 1 amide bonds. The lowest BCUT2D eigenvalue weighted by Gasteiger charge is -2.17. The number of hydrogen-bond donors (Lipinski definition) is 1. The summed E-state index contributed by atoms with van der Waals surface area (Å²) in [6.45, 7) is 1.98. The molecule has 3 aromatic rings. The lowest BCUT2D eigenvalue weighted by molar-refractivity contribution is -0.384. The molecule has 3 aromatic carbocycles. The summed E-state index contributed by atoms with van der Waals surface area (Å²) in [5, 5.41) is 14.2. The van der Waals surface area contributed by atoms with Gasteiger partial charge in [-0.15, -0.1) is 0 Å². The molecule has 1 N–H and O–H groups in total. The van der Waals surface area contributed by atoms with Gasteiger partial charge in [0.25, 0.3) is 11.6 Å². The van der Waals surface area contributed by atoms with Gasteiger partial charge in [0.2, 0.25) is 0 Å². The van der Waals surface area contributed by atoms with Gasteiger partial charge in [-0.3, -0.25) is 14.9 Å². The predicted octanol–water partition coefficient (Wildman–Crippen LogP) is 5.50. The molecule has 0 heterocycles. The number of rotatable bonds is 6. The summed E-state index contributed by atoms with van der Waals surface area (Å²) in [6.07, 6.45) is 5.10. The molecule has 0 saturated heterocycles. The van der Waals surface area contributed by atoms with Crippen LogP contribution in [0.5, 0.6) is 0 Å². The Labute approximate surface area is 181 Å². The molecule has 0 aliphatic heterocycles. The second kappa shape index (κ2) is 8.96. The fourth-order valence-electron chi connectivity index (χ4n) is 4.01. The first-order valence-electron chi connectivity index (χ1n) is 10.5. The van der Waals surface area contributed by atoms with Crippen LogP contribution >= 0.6 is 0 Å². The Morgan fingerprint density at radius 3 is 2.55 bits per heavy atom. The van der Waals surface area contributed by atoms with Crippen LogP contribution in [0.2, 0.25) is 0 Å². The van der Waals surface area contributed by atoms with Crippen LogP contribution in [0.3, 0.4) is 0 Å². The number of hydrogen-bond acceptors (Lipinski definition) is 3. The summed E-state index contributed by atoms with van der Waals surface area (Å²) in [4.78, 5) is 24.0. The van der Waals surface area contributed by atoms with Crippen LogP contribution in [0.1, 0.15) is 47.2 Å². The number of nitro benzene ring substituents is 1. The quantitative estimate of drug-likeness (QED) is 0.251. The predicted molar refractivity (Wildman–Crippen MR) is 122 cm³/mol. The maximum atomic E-state index is 13.3.